The molecule has 0 bridgehead atoms. The van der Waals surface area contributed by atoms with Gasteiger partial charge in [0.25, 0.3) is 0 Å². The maximum absolute atomic E-state index is 10.7. The molecule has 0 aliphatic rings. The Labute approximate surface area is 72.0 Å². The van der Waals surface area contributed by atoms with Crippen LogP contribution < -0.4 is 4.90 Å². The fraction of sp³-hybridized carbons (Fsp3) is 0.222. The number of nitrogens with zero attached hydrogens (tertiary/aromatic N) is 2. The third-order valence-corrected chi connectivity index (χ3v) is 1.49. The molecule has 0 aliphatic carbocycles. The summed E-state index contributed by atoms with van der Waals surface area (Å²) in [5.41, 5.74) is 0.431. The van der Waals surface area contributed by atoms with E-state index in [1.165, 1.54) is 6.20 Å². The predicted octanol–water partition coefficient (Wildman–Crippen LogP) is 1.04. The summed E-state index contributed by atoms with van der Waals surface area (Å²) < 4.78 is 0. The molecule has 62 valence electrons. The average molecular weight is 162 g/mol. The molecular formula is C9H10N2O. The van der Waals surface area contributed by atoms with E-state index >= 15 is 0 Å². The van der Waals surface area contributed by atoms with Crippen molar-refractivity contribution in [2.75, 3.05) is 19.0 Å². The fourth-order valence-electron chi connectivity index (χ4n) is 0.796. The number of carbonyl (C=O) groups excluding carboxylic acids is 1. The second-order valence-corrected chi connectivity index (χ2v) is 2.66. The minimum Gasteiger partial charge on any atom is -0.363 e. The summed E-state index contributed by atoms with van der Waals surface area (Å²) in [6, 6.07) is 3.41. The average Bonchev–Trinajstić information content (AvgIpc) is 2.04. The monoisotopic (exact) mass is 162 g/mol. The maximum Gasteiger partial charge on any atom is 0.169 e. The number of anilines is 1. The number of carbonyl (C=O) groups is 1. The van der Waals surface area contributed by atoms with Crippen LogP contribution in [-0.4, -0.2) is 24.9 Å². The van der Waals surface area contributed by atoms with Gasteiger partial charge in [-0.05, 0) is 12.1 Å². The standard InChI is InChI=1S/C9H10N2O/c1-7(12)8-4-5-9(10-6-8)11(2)3/h1,4-6H,2-3H3. The number of hydrogen-bond donors (Lipinski definition) is 0. The van der Waals surface area contributed by atoms with Gasteiger partial charge in [0.1, 0.15) is 5.82 Å². The Bertz CT molecular complexity index is 277. The molecule has 0 spiro atoms. The second kappa shape index (κ2) is 3.34. The highest BCUT2D eigenvalue weighted by Crippen LogP contribution is 2.07. The largest absolute Gasteiger partial charge is 0.363 e. The first-order chi connectivity index (χ1) is 5.61. The Morgan fingerprint density at radius 2 is 2.17 bits per heavy atom. The van der Waals surface area contributed by atoms with Gasteiger partial charge in [-0.15, -0.1) is 0 Å². The van der Waals surface area contributed by atoms with E-state index in [1.807, 2.05) is 19.0 Å². The van der Waals surface area contributed by atoms with Crippen molar-refractivity contribution in [1.82, 2.24) is 4.98 Å². The zero-order valence-electron chi connectivity index (χ0n) is 7.11. The highest BCUT2D eigenvalue weighted by molar-refractivity contribution is 5.99. The molecule has 12 heavy (non-hydrogen) atoms. The first kappa shape index (κ1) is 8.71. The van der Waals surface area contributed by atoms with Crippen LogP contribution in [0.3, 0.4) is 0 Å². The summed E-state index contributed by atoms with van der Waals surface area (Å²) in [6.07, 6.45) is 1.47. The molecule has 0 saturated carbocycles. The van der Waals surface area contributed by atoms with Crippen LogP contribution in [0.2, 0.25) is 0 Å². The van der Waals surface area contributed by atoms with Crippen molar-refractivity contribution in [2.24, 2.45) is 0 Å². The van der Waals surface area contributed by atoms with E-state index in [2.05, 4.69) is 4.98 Å². The molecule has 0 aromatic carbocycles. The van der Waals surface area contributed by atoms with Crippen molar-refractivity contribution in [2.45, 2.75) is 0 Å². The van der Waals surface area contributed by atoms with Crippen molar-refractivity contribution >= 4 is 11.6 Å². The quantitative estimate of drug-likeness (QED) is 0.609. The van der Waals surface area contributed by atoms with Crippen molar-refractivity contribution in [3.63, 3.8) is 0 Å². The van der Waals surface area contributed by atoms with E-state index in [-0.39, 0.29) is 0 Å². The zero-order chi connectivity index (χ0) is 9.14. The Kier molecular flexibility index (Phi) is 2.43. The fourth-order valence-corrected chi connectivity index (χ4v) is 0.796. The number of ketones is 1. The van der Waals surface area contributed by atoms with Crippen LogP contribution in [0.4, 0.5) is 5.82 Å². The van der Waals surface area contributed by atoms with Gasteiger partial charge < -0.3 is 4.90 Å². The highest BCUT2D eigenvalue weighted by Gasteiger charge is 2.00. The lowest BCUT2D eigenvalue weighted by molar-refractivity contribution is 0.104. The van der Waals surface area contributed by atoms with E-state index in [4.69, 9.17) is 6.92 Å². The minimum atomic E-state index is -0.451. The van der Waals surface area contributed by atoms with Crippen LogP contribution >= 0.6 is 0 Å². The van der Waals surface area contributed by atoms with Gasteiger partial charge >= 0.3 is 0 Å². The van der Waals surface area contributed by atoms with E-state index in [1.54, 1.807) is 12.1 Å². The van der Waals surface area contributed by atoms with E-state index in [0.29, 0.717) is 5.56 Å². The lowest BCUT2D eigenvalue weighted by atomic mass is 10.2. The molecule has 1 heterocycles. The van der Waals surface area contributed by atoms with Crippen LogP contribution in [0.15, 0.2) is 18.3 Å². The zero-order valence-corrected chi connectivity index (χ0v) is 7.11. The third-order valence-electron chi connectivity index (χ3n) is 1.49. The Hall–Kier alpha value is -1.38. The van der Waals surface area contributed by atoms with E-state index in [9.17, 15) is 4.79 Å². The molecule has 0 atom stereocenters. The molecule has 0 saturated heterocycles. The highest BCUT2D eigenvalue weighted by atomic mass is 16.1. The minimum absolute atomic E-state index is 0.431. The van der Waals surface area contributed by atoms with Crippen LogP contribution in [0.1, 0.15) is 10.4 Å². The van der Waals surface area contributed by atoms with Gasteiger partial charge in [-0.2, -0.15) is 0 Å². The van der Waals surface area contributed by atoms with Crippen molar-refractivity contribution in [1.29, 1.82) is 0 Å². The summed E-state index contributed by atoms with van der Waals surface area (Å²) in [5, 5.41) is 0. The molecular weight excluding hydrogens is 152 g/mol. The topological polar surface area (TPSA) is 33.2 Å². The maximum atomic E-state index is 10.7. The van der Waals surface area contributed by atoms with Gasteiger partial charge in [-0.25, -0.2) is 4.98 Å². The number of rotatable bonds is 2. The first-order valence-corrected chi connectivity index (χ1v) is 3.54. The molecule has 0 unspecified atom stereocenters. The van der Waals surface area contributed by atoms with Crippen LogP contribution in [0.25, 0.3) is 0 Å². The Morgan fingerprint density at radius 3 is 2.50 bits per heavy atom. The normalized spacial score (nSPS) is 9.58. The van der Waals surface area contributed by atoms with Gasteiger partial charge in [0.2, 0.25) is 0 Å². The Morgan fingerprint density at radius 1 is 1.50 bits per heavy atom. The Balaban J connectivity index is 2.93. The summed E-state index contributed by atoms with van der Waals surface area (Å²) in [7, 11) is 3.76. The molecule has 0 N–H and O–H groups in total. The number of Topliss-reactive ketones (excluding diaryl/α,β-unsaturated/α-hetero) is 1. The molecule has 3 heteroatoms. The SMILES string of the molecule is [CH]C(=O)c1ccc(N(C)C)nc1. The van der Waals surface area contributed by atoms with Crippen LogP contribution in [0, 0.1) is 6.92 Å². The van der Waals surface area contributed by atoms with Crippen LogP contribution in [0.5, 0.6) is 0 Å². The molecule has 1 rings (SSSR count). The summed E-state index contributed by atoms with van der Waals surface area (Å²) in [6.45, 7) is 5.05. The molecule has 1 aromatic heterocycles. The van der Waals surface area contributed by atoms with E-state index < -0.39 is 5.78 Å². The summed E-state index contributed by atoms with van der Waals surface area (Å²) in [4.78, 5) is 16.5. The summed E-state index contributed by atoms with van der Waals surface area (Å²) >= 11 is 0. The van der Waals surface area contributed by atoms with Gasteiger partial charge in [-0.1, -0.05) is 0 Å². The molecule has 0 aliphatic heterocycles. The smallest absolute Gasteiger partial charge is 0.169 e. The molecule has 0 amide bonds. The van der Waals surface area contributed by atoms with Crippen molar-refractivity contribution in [3.8, 4) is 0 Å². The number of pyridine rings is 1. The third kappa shape index (κ3) is 1.81. The number of aromatic nitrogens is 1. The molecule has 0 fully saturated rings. The van der Waals surface area contributed by atoms with Gasteiger partial charge in [0.05, 0.1) is 0 Å². The molecule has 2 radical (unpaired) electrons. The lowest BCUT2D eigenvalue weighted by Crippen LogP contribution is -2.10. The summed E-state index contributed by atoms with van der Waals surface area (Å²) in [5.74, 6) is 0.354. The first-order valence-electron chi connectivity index (χ1n) is 3.54. The van der Waals surface area contributed by atoms with Crippen molar-refractivity contribution in [3.05, 3.63) is 30.8 Å². The van der Waals surface area contributed by atoms with Crippen molar-refractivity contribution < 1.29 is 4.79 Å². The number of hydrogen-bond acceptors (Lipinski definition) is 3. The molecule has 3 nitrogen and oxygen atoms in total. The second-order valence-electron chi connectivity index (χ2n) is 2.66. The van der Waals surface area contributed by atoms with E-state index in [0.717, 1.165) is 5.82 Å². The van der Waals surface area contributed by atoms with Gasteiger partial charge in [0, 0.05) is 32.8 Å². The molecule has 1 aromatic rings. The predicted molar refractivity (Wildman–Crippen MR) is 47.2 cm³/mol. The van der Waals surface area contributed by atoms with Gasteiger partial charge in [0.15, 0.2) is 5.78 Å². The van der Waals surface area contributed by atoms with Crippen LogP contribution in [-0.2, 0) is 0 Å². The lowest BCUT2D eigenvalue weighted by Gasteiger charge is -2.10. The van der Waals surface area contributed by atoms with Gasteiger partial charge in [-0.3, -0.25) is 4.79 Å².